The molecule has 186 valence electrons. The Morgan fingerprint density at radius 2 is 1.50 bits per heavy atom. The third-order valence-corrected chi connectivity index (χ3v) is 5.63. The van der Waals surface area contributed by atoms with Crippen LogP contribution in [0.3, 0.4) is 0 Å². The first kappa shape index (κ1) is 26.8. The number of hydrogen-bond acceptors (Lipinski definition) is 8. The Balaban J connectivity index is 2.23. The van der Waals surface area contributed by atoms with Crippen LogP contribution in [0.25, 0.3) is 0 Å². The van der Waals surface area contributed by atoms with E-state index in [2.05, 4.69) is 10.6 Å². The molecule has 0 saturated heterocycles. The van der Waals surface area contributed by atoms with Gasteiger partial charge in [-0.15, -0.1) is 0 Å². The van der Waals surface area contributed by atoms with Crippen LogP contribution < -0.4 is 24.8 Å². The Bertz CT molecular complexity index is 1130. The Hall–Kier alpha value is -3.47. The van der Waals surface area contributed by atoms with Crippen LogP contribution in [0.5, 0.6) is 17.2 Å². The van der Waals surface area contributed by atoms with Gasteiger partial charge in [0.15, 0.2) is 9.84 Å². The zero-order chi connectivity index (χ0) is 25.3. The Morgan fingerprint density at radius 3 is 2.09 bits per heavy atom. The standard InChI is InChI=1S/C23H30N2O8S/c1-6-31-18-10-9-16(12-17(18)22(26)30-4)25-23(27)24-14-15-11-20(33-8-3)21(34(5,28)29)13-19(15)32-7-2/h9-13H,6-8,14H2,1-5H3,(H2,24,25,27). The molecule has 0 aromatic heterocycles. The van der Waals surface area contributed by atoms with Crippen molar-refractivity contribution in [3.8, 4) is 17.2 Å². The molecule has 0 spiro atoms. The van der Waals surface area contributed by atoms with Crippen LogP contribution in [-0.2, 0) is 21.1 Å². The predicted octanol–water partition coefficient (Wildman–Crippen LogP) is 3.39. The topological polar surface area (TPSA) is 129 Å². The Labute approximate surface area is 199 Å². The van der Waals surface area contributed by atoms with E-state index >= 15 is 0 Å². The maximum absolute atomic E-state index is 12.5. The van der Waals surface area contributed by atoms with E-state index in [1.54, 1.807) is 32.9 Å². The normalized spacial score (nSPS) is 10.9. The van der Waals surface area contributed by atoms with Crippen molar-refractivity contribution in [1.82, 2.24) is 5.32 Å². The van der Waals surface area contributed by atoms with Crippen molar-refractivity contribution < 1.29 is 37.0 Å². The summed E-state index contributed by atoms with van der Waals surface area (Å²) in [6.07, 6.45) is 1.09. The number of hydrogen-bond donors (Lipinski definition) is 2. The highest BCUT2D eigenvalue weighted by Gasteiger charge is 2.20. The van der Waals surface area contributed by atoms with Crippen molar-refractivity contribution in [2.45, 2.75) is 32.2 Å². The van der Waals surface area contributed by atoms with Crippen LogP contribution in [0.2, 0.25) is 0 Å². The second-order valence-corrected chi connectivity index (χ2v) is 8.97. The summed E-state index contributed by atoms with van der Waals surface area (Å²) in [5.41, 5.74) is 1.07. The zero-order valence-corrected chi connectivity index (χ0v) is 20.7. The molecule has 10 nitrogen and oxygen atoms in total. The molecule has 0 unspecified atom stereocenters. The molecule has 0 bridgehead atoms. The van der Waals surface area contributed by atoms with E-state index in [0.717, 1.165) is 6.26 Å². The summed E-state index contributed by atoms with van der Waals surface area (Å²) >= 11 is 0. The average molecular weight is 495 g/mol. The first-order valence-electron chi connectivity index (χ1n) is 10.7. The average Bonchev–Trinajstić information content (AvgIpc) is 2.79. The molecule has 0 radical (unpaired) electrons. The van der Waals surface area contributed by atoms with Gasteiger partial charge >= 0.3 is 12.0 Å². The first-order chi connectivity index (χ1) is 16.1. The van der Waals surface area contributed by atoms with Gasteiger partial charge in [0.1, 0.15) is 27.7 Å². The number of carbonyl (C=O) groups is 2. The number of carbonyl (C=O) groups excluding carboxylic acids is 2. The van der Waals surface area contributed by atoms with Crippen LogP contribution in [0.15, 0.2) is 35.2 Å². The predicted molar refractivity (Wildman–Crippen MR) is 127 cm³/mol. The molecule has 0 fully saturated rings. The van der Waals surface area contributed by atoms with Crippen LogP contribution in [0.1, 0.15) is 36.7 Å². The van der Waals surface area contributed by atoms with Crippen LogP contribution in [0.4, 0.5) is 10.5 Å². The van der Waals surface area contributed by atoms with E-state index in [0.29, 0.717) is 36.0 Å². The maximum atomic E-state index is 12.5. The number of esters is 1. The van der Waals surface area contributed by atoms with E-state index in [9.17, 15) is 18.0 Å². The molecule has 2 aromatic rings. The number of anilines is 1. The van der Waals surface area contributed by atoms with Crippen LogP contribution in [-0.4, -0.2) is 53.6 Å². The molecular formula is C23H30N2O8S. The lowest BCUT2D eigenvalue weighted by Crippen LogP contribution is -2.28. The van der Waals surface area contributed by atoms with Crippen molar-refractivity contribution >= 4 is 27.5 Å². The van der Waals surface area contributed by atoms with E-state index in [1.807, 2.05) is 0 Å². The summed E-state index contributed by atoms with van der Waals surface area (Å²) in [5, 5.41) is 5.34. The molecular weight excluding hydrogens is 464 g/mol. The Kier molecular flexibility index (Phi) is 9.55. The van der Waals surface area contributed by atoms with Crippen molar-refractivity contribution in [3.05, 3.63) is 41.5 Å². The molecule has 11 heteroatoms. The lowest BCUT2D eigenvalue weighted by atomic mass is 10.1. The monoisotopic (exact) mass is 494 g/mol. The summed E-state index contributed by atoms with van der Waals surface area (Å²) in [7, 11) is -2.30. The number of ether oxygens (including phenoxy) is 4. The number of amides is 2. The van der Waals surface area contributed by atoms with Crippen molar-refractivity contribution in [2.75, 3.05) is 38.5 Å². The lowest BCUT2D eigenvalue weighted by molar-refractivity contribution is 0.0596. The molecule has 2 amide bonds. The minimum atomic E-state index is -3.56. The smallest absolute Gasteiger partial charge is 0.341 e. The lowest BCUT2D eigenvalue weighted by Gasteiger charge is -2.17. The fraction of sp³-hybridized carbons (Fsp3) is 0.391. The van der Waals surface area contributed by atoms with E-state index in [4.69, 9.17) is 18.9 Å². The molecule has 0 atom stereocenters. The SMILES string of the molecule is CCOc1cc(S(C)(=O)=O)c(OCC)cc1CNC(=O)Nc1ccc(OCC)c(C(=O)OC)c1. The minimum Gasteiger partial charge on any atom is -0.493 e. The van der Waals surface area contributed by atoms with Gasteiger partial charge in [0.05, 0.1) is 26.9 Å². The summed E-state index contributed by atoms with van der Waals surface area (Å²) < 4.78 is 45.6. The third-order valence-electron chi connectivity index (χ3n) is 4.51. The highest BCUT2D eigenvalue weighted by molar-refractivity contribution is 7.90. The van der Waals surface area contributed by atoms with Gasteiger partial charge in [0.2, 0.25) is 0 Å². The number of urea groups is 1. The van der Waals surface area contributed by atoms with Gasteiger partial charge in [-0.1, -0.05) is 0 Å². The molecule has 2 N–H and O–H groups in total. The highest BCUT2D eigenvalue weighted by Crippen LogP contribution is 2.32. The zero-order valence-electron chi connectivity index (χ0n) is 19.9. The summed E-state index contributed by atoms with van der Waals surface area (Å²) in [6.45, 7) is 6.27. The van der Waals surface area contributed by atoms with Gasteiger partial charge in [-0.3, -0.25) is 0 Å². The molecule has 0 heterocycles. The minimum absolute atomic E-state index is 0.00993. The largest absolute Gasteiger partial charge is 0.493 e. The van der Waals surface area contributed by atoms with Gasteiger partial charge in [-0.05, 0) is 45.0 Å². The fourth-order valence-corrected chi connectivity index (χ4v) is 3.88. The number of nitrogens with one attached hydrogen (secondary N) is 2. The number of methoxy groups -OCH3 is 1. The molecule has 0 aliphatic carbocycles. The second kappa shape index (κ2) is 12.1. The molecule has 0 saturated carbocycles. The molecule has 34 heavy (non-hydrogen) atoms. The number of benzene rings is 2. The fourth-order valence-electron chi connectivity index (χ4n) is 3.08. The molecule has 0 aliphatic heterocycles. The molecule has 0 aliphatic rings. The number of sulfone groups is 1. The second-order valence-electron chi connectivity index (χ2n) is 6.99. The molecule has 2 rings (SSSR count). The quantitative estimate of drug-likeness (QED) is 0.455. The number of rotatable bonds is 11. The van der Waals surface area contributed by atoms with E-state index < -0.39 is 21.8 Å². The van der Waals surface area contributed by atoms with Crippen molar-refractivity contribution in [2.24, 2.45) is 0 Å². The summed E-state index contributed by atoms with van der Waals surface area (Å²) in [6, 6.07) is 7.00. The van der Waals surface area contributed by atoms with Gasteiger partial charge in [-0.2, -0.15) is 0 Å². The highest BCUT2D eigenvalue weighted by atomic mass is 32.2. The van der Waals surface area contributed by atoms with Gasteiger partial charge < -0.3 is 29.6 Å². The first-order valence-corrected chi connectivity index (χ1v) is 12.6. The van der Waals surface area contributed by atoms with Gasteiger partial charge in [0.25, 0.3) is 0 Å². The van der Waals surface area contributed by atoms with Crippen LogP contribution in [0, 0.1) is 0 Å². The van der Waals surface area contributed by atoms with Crippen molar-refractivity contribution in [3.63, 3.8) is 0 Å². The Morgan fingerprint density at radius 1 is 0.882 bits per heavy atom. The van der Waals surface area contributed by atoms with Crippen molar-refractivity contribution in [1.29, 1.82) is 0 Å². The molecule has 2 aromatic carbocycles. The van der Waals surface area contributed by atoms with E-state index in [-0.39, 0.29) is 29.4 Å². The third kappa shape index (κ3) is 7.01. The summed E-state index contributed by atoms with van der Waals surface area (Å²) in [5.74, 6) is 0.250. The maximum Gasteiger partial charge on any atom is 0.341 e. The summed E-state index contributed by atoms with van der Waals surface area (Å²) in [4.78, 5) is 24.6. The van der Waals surface area contributed by atoms with Gasteiger partial charge in [-0.25, -0.2) is 18.0 Å². The van der Waals surface area contributed by atoms with Gasteiger partial charge in [0, 0.05) is 30.1 Å². The van der Waals surface area contributed by atoms with E-state index in [1.165, 1.54) is 25.3 Å². The van der Waals surface area contributed by atoms with Crippen LogP contribution >= 0.6 is 0 Å².